The van der Waals surface area contributed by atoms with Crippen LogP contribution in [0.3, 0.4) is 0 Å². The molecule has 3 aromatic rings. The molecule has 0 atom stereocenters. The first-order chi connectivity index (χ1) is 13.0. The van der Waals surface area contributed by atoms with E-state index < -0.39 is 0 Å². The van der Waals surface area contributed by atoms with Gasteiger partial charge in [-0.25, -0.2) is 0 Å². The summed E-state index contributed by atoms with van der Waals surface area (Å²) in [6, 6.07) is 21.2. The van der Waals surface area contributed by atoms with Gasteiger partial charge in [0.1, 0.15) is 5.75 Å². The summed E-state index contributed by atoms with van der Waals surface area (Å²) in [4.78, 5) is 24.6. The third-order valence-corrected chi connectivity index (χ3v) is 4.03. The average Bonchev–Trinajstić information content (AvgIpc) is 2.69. The minimum absolute atomic E-state index is 0.186. The predicted molar refractivity (Wildman–Crippen MR) is 107 cm³/mol. The molecule has 0 saturated carbocycles. The number of methoxy groups -OCH3 is 1. The molecule has 2 N–H and O–H groups in total. The number of carbonyl (C=O) groups is 2. The van der Waals surface area contributed by atoms with Crippen molar-refractivity contribution in [3.8, 4) is 5.75 Å². The quantitative estimate of drug-likeness (QED) is 0.703. The number of anilines is 2. The van der Waals surface area contributed by atoms with E-state index in [2.05, 4.69) is 10.6 Å². The zero-order valence-electron chi connectivity index (χ0n) is 15.2. The van der Waals surface area contributed by atoms with Crippen LogP contribution in [-0.4, -0.2) is 18.9 Å². The van der Waals surface area contributed by atoms with Crippen molar-refractivity contribution >= 4 is 23.2 Å². The smallest absolute Gasteiger partial charge is 0.255 e. The molecule has 0 aliphatic heterocycles. The van der Waals surface area contributed by atoms with Crippen molar-refractivity contribution in [2.24, 2.45) is 0 Å². The summed E-state index contributed by atoms with van der Waals surface area (Å²) in [5.41, 5.74) is 3.42. The Labute approximate surface area is 158 Å². The monoisotopic (exact) mass is 360 g/mol. The summed E-state index contributed by atoms with van der Waals surface area (Å²) >= 11 is 0. The molecule has 27 heavy (non-hydrogen) atoms. The molecule has 3 aromatic carbocycles. The van der Waals surface area contributed by atoms with Crippen molar-refractivity contribution in [1.82, 2.24) is 0 Å². The number of hydrogen-bond acceptors (Lipinski definition) is 3. The summed E-state index contributed by atoms with van der Waals surface area (Å²) in [5.74, 6) is 0.313. The van der Waals surface area contributed by atoms with E-state index in [0.717, 1.165) is 11.3 Å². The number of amides is 2. The highest BCUT2D eigenvalue weighted by Crippen LogP contribution is 2.17. The van der Waals surface area contributed by atoms with E-state index in [9.17, 15) is 9.59 Å². The van der Waals surface area contributed by atoms with Crippen molar-refractivity contribution in [2.45, 2.75) is 6.92 Å². The largest absolute Gasteiger partial charge is 0.497 e. The lowest BCUT2D eigenvalue weighted by atomic mass is 10.1. The second kappa shape index (κ2) is 8.19. The van der Waals surface area contributed by atoms with E-state index in [1.54, 1.807) is 61.7 Å². The van der Waals surface area contributed by atoms with E-state index in [1.165, 1.54) is 0 Å². The molecule has 2 amide bonds. The van der Waals surface area contributed by atoms with E-state index >= 15 is 0 Å². The van der Waals surface area contributed by atoms with E-state index in [-0.39, 0.29) is 11.8 Å². The first-order valence-corrected chi connectivity index (χ1v) is 8.48. The van der Waals surface area contributed by atoms with E-state index in [1.807, 2.05) is 25.1 Å². The fourth-order valence-corrected chi connectivity index (χ4v) is 2.57. The predicted octanol–water partition coefficient (Wildman–Crippen LogP) is 4.51. The summed E-state index contributed by atoms with van der Waals surface area (Å²) in [6.07, 6.45) is 0. The maximum absolute atomic E-state index is 12.3. The van der Waals surface area contributed by atoms with Gasteiger partial charge in [0.25, 0.3) is 11.8 Å². The van der Waals surface area contributed by atoms with Gasteiger partial charge in [-0.1, -0.05) is 17.7 Å². The van der Waals surface area contributed by atoms with Crippen LogP contribution < -0.4 is 15.4 Å². The van der Waals surface area contributed by atoms with Gasteiger partial charge < -0.3 is 15.4 Å². The molecule has 136 valence electrons. The molecule has 0 heterocycles. The van der Waals surface area contributed by atoms with Gasteiger partial charge >= 0.3 is 0 Å². The molecule has 0 bridgehead atoms. The number of hydrogen-bond donors (Lipinski definition) is 2. The minimum Gasteiger partial charge on any atom is -0.497 e. The Hall–Kier alpha value is -3.60. The standard InChI is InChI=1S/C22H20N2O3/c1-15-4-3-5-17(14-15)22(26)24-18-8-6-16(7-9-18)21(25)23-19-10-12-20(27-2)13-11-19/h3-14H,1-2H3,(H,23,25)(H,24,26). The molecule has 0 radical (unpaired) electrons. The van der Waals surface area contributed by atoms with Crippen molar-refractivity contribution < 1.29 is 14.3 Å². The van der Waals surface area contributed by atoms with Crippen LogP contribution >= 0.6 is 0 Å². The van der Waals surface area contributed by atoms with Crippen LogP contribution in [0.4, 0.5) is 11.4 Å². The van der Waals surface area contributed by atoms with Crippen LogP contribution in [0, 0.1) is 6.92 Å². The SMILES string of the molecule is COc1ccc(NC(=O)c2ccc(NC(=O)c3cccc(C)c3)cc2)cc1. The van der Waals surface area contributed by atoms with Crippen LogP contribution in [0.25, 0.3) is 0 Å². The second-order valence-corrected chi connectivity index (χ2v) is 6.08. The van der Waals surface area contributed by atoms with Crippen molar-refractivity contribution in [2.75, 3.05) is 17.7 Å². The molecule has 0 aliphatic carbocycles. The summed E-state index contributed by atoms with van der Waals surface area (Å²) in [6.45, 7) is 1.94. The van der Waals surface area contributed by atoms with Crippen LogP contribution in [0.15, 0.2) is 72.8 Å². The van der Waals surface area contributed by atoms with Gasteiger partial charge in [-0.3, -0.25) is 9.59 Å². The van der Waals surface area contributed by atoms with E-state index in [0.29, 0.717) is 22.5 Å². The van der Waals surface area contributed by atoms with Gasteiger partial charge in [0.15, 0.2) is 0 Å². The average molecular weight is 360 g/mol. The maximum atomic E-state index is 12.3. The lowest BCUT2D eigenvalue weighted by Crippen LogP contribution is -2.13. The summed E-state index contributed by atoms with van der Waals surface area (Å²) in [5, 5.41) is 5.65. The van der Waals surface area contributed by atoms with Gasteiger partial charge in [0, 0.05) is 22.5 Å². The van der Waals surface area contributed by atoms with Gasteiger partial charge in [-0.2, -0.15) is 0 Å². The maximum Gasteiger partial charge on any atom is 0.255 e. The zero-order chi connectivity index (χ0) is 19.2. The number of benzene rings is 3. The summed E-state index contributed by atoms with van der Waals surface area (Å²) in [7, 11) is 1.59. The fraction of sp³-hybridized carbons (Fsp3) is 0.0909. The highest BCUT2D eigenvalue weighted by atomic mass is 16.5. The van der Waals surface area contributed by atoms with Crippen LogP contribution in [-0.2, 0) is 0 Å². The lowest BCUT2D eigenvalue weighted by Gasteiger charge is -2.08. The third kappa shape index (κ3) is 4.73. The minimum atomic E-state index is -0.225. The molecule has 0 spiro atoms. The normalized spacial score (nSPS) is 10.1. The number of carbonyl (C=O) groups excluding carboxylic acids is 2. The van der Waals surface area contributed by atoms with Gasteiger partial charge in [0.05, 0.1) is 7.11 Å². The Morgan fingerprint density at radius 1 is 0.741 bits per heavy atom. The first kappa shape index (κ1) is 18.2. The Bertz CT molecular complexity index is 948. The number of rotatable bonds is 5. The molecule has 3 rings (SSSR count). The zero-order valence-corrected chi connectivity index (χ0v) is 15.2. The number of aryl methyl sites for hydroxylation is 1. The summed E-state index contributed by atoms with van der Waals surface area (Å²) < 4.78 is 5.09. The lowest BCUT2D eigenvalue weighted by molar-refractivity contribution is 0.102. The molecular formula is C22H20N2O3. The second-order valence-electron chi connectivity index (χ2n) is 6.08. The van der Waals surface area contributed by atoms with Crippen molar-refractivity contribution in [3.05, 3.63) is 89.5 Å². The number of ether oxygens (including phenoxy) is 1. The van der Waals surface area contributed by atoms with Crippen molar-refractivity contribution in [1.29, 1.82) is 0 Å². The van der Waals surface area contributed by atoms with Gasteiger partial charge in [0.2, 0.25) is 0 Å². The van der Waals surface area contributed by atoms with Crippen LogP contribution in [0.5, 0.6) is 5.75 Å². The molecule has 0 fully saturated rings. The Balaban J connectivity index is 1.63. The van der Waals surface area contributed by atoms with Gasteiger partial charge in [-0.15, -0.1) is 0 Å². The van der Waals surface area contributed by atoms with Gasteiger partial charge in [-0.05, 0) is 67.6 Å². The van der Waals surface area contributed by atoms with Crippen LogP contribution in [0.2, 0.25) is 0 Å². The van der Waals surface area contributed by atoms with Crippen molar-refractivity contribution in [3.63, 3.8) is 0 Å². The molecule has 0 saturated heterocycles. The molecule has 0 aliphatic rings. The Morgan fingerprint density at radius 3 is 1.85 bits per heavy atom. The molecule has 5 nitrogen and oxygen atoms in total. The first-order valence-electron chi connectivity index (χ1n) is 8.48. The molecular weight excluding hydrogens is 340 g/mol. The Morgan fingerprint density at radius 2 is 1.30 bits per heavy atom. The number of nitrogens with one attached hydrogen (secondary N) is 2. The molecule has 0 unspecified atom stereocenters. The van der Waals surface area contributed by atoms with Crippen LogP contribution in [0.1, 0.15) is 26.3 Å². The topological polar surface area (TPSA) is 67.4 Å². The van der Waals surface area contributed by atoms with E-state index in [4.69, 9.17) is 4.74 Å². The third-order valence-electron chi connectivity index (χ3n) is 4.03. The Kier molecular flexibility index (Phi) is 5.52. The molecule has 0 aromatic heterocycles. The highest BCUT2D eigenvalue weighted by Gasteiger charge is 2.09. The highest BCUT2D eigenvalue weighted by molar-refractivity contribution is 6.06. The fourth-order valence-electron chi connectivity index (χ4n) is 2.57. The molecule has 5 heteroatoms.